The van der Waals surface area contributed by atoms with Gasteiger partial charge in [-0.1, -0.05) is 26.2 Å². The number of carboxylic acid groups (broad SMARTS) is 1. The predicted molar refractivity (Wildman–Crippen MR) is 81.1 cm³/mol. The van der Waals surface area contributed by atoms with Gasteiger partial charge >= 0.3 is 5.97 Å². The van der Waals surface area contributed by atoms with E-state index in [1.54, 1.807) is 0 Å². The highest BCUT2D eigenvalue weighted by molar-refractivity contribution is 5.78. The SMILES string of the molecule is CC(C(=O)NCCCCCCCC(=O)O)C1CCOCC1. The van der Waals surface area contributed by atoms with Crippen LogP contribution in [-0.2, 0) is 14.3 Å². The van der Waals surface area contributed by atoms with Crippen molar-refractivity contribution >= 4 is 11.9 Å². The first-order valence-electron chi connectivity index (χ1n) is 8.18. The molecule has 5 nitrogen and oxygen atoms in total. The molecule has 1 rings (SSSR count). The minimum atomic E-state index is -0.718. The van der Waals surface area contributed by atoms with Gasteiger partial charge in [-0.05, 0) is 31.6 Å². The van der Waals surface area contributed by atoms with E-state index in [4.69, 9.17) is 9.84 Å². The van der Waals surface area contributed by atoms with Gasteiger partial charge in [0.2, 0.25) is 5.91 Å². The Hall–Kier alpha value is -1.10. The van der Waals surface area contributed by atoms with Crippen molar-refractivity contribution in [3.8, 4) is 0 Å². The number of hydrogen-bond acceptors (Lipinski definition) is 3. The topological polar surface area (TPSA) is 75.6 Å². The van der Waals surface area contributed by atoms with Crippen LogP contribution in [0, 0.1) is 11.8 Å². The summed E-state index contributed by atoms with van der Waals surface area (Å²) < 4.78 is 5.32. The average molecular weight is 299 g/mol. The normalized spacial score (nSPS) is 17.4. The average Bonchev–Trinajstić information content (AvgIpc) is 2.49. The van der Waals surface area contributed by atoms with E-state index < -0.39 is 5.97 Å². The molecule has 0 aromatic carbocycles. The summed E-state index contributed by atoms with van der Waals surface area (Å²) in [5.74, 6) is -0.0311. The molecule has 21 heavy (non-hydrogen) atoms. The number of amides is 1. The molecule has 1 amide bonds. The third-order valence-electron chi connectivity index (χ3n) is 4.25. The Labute approximate surface area is 127 Å². The van der Waals surface area contributed by atoms with Gasteiger partial charge in [0.15, 0.2) is 0 Å². The van der Waals surface area contributed by atoms with Crippen molar-refractivity contribution in [3.05, 3.63) is 0 Å². The molecule has 1 fully saturated rings. The molecule has 2 N–H and O–H groups in total. The molecule has 122 valence electrons. The molecule has 5 heteroatoms. The maximum absolute atomic E-state index is 12.0. The molecule has 0 saturated carbocycles. The smallest absolute Gasteiger partial charge is 0.303 e. The third-order valence-corrected chi connectivity index (χ3v) is 4.25. The highest BCUT2D eigenvalue weighted by Crippen LogP contribution is 2.23. The number of hydrogen-bond donors (Lipinski definition) is 2. The van der Waals surface area contributed by atoms with Gasteiger partial charge in [-0.3, -0.25) is 9.59 Å². The van der Waals surface area contributed by atoms with E-state index in [1.165, 1.54) is 0 Å². The molecule has 1 unspecified atom stereocenters. The molecular weight excluding hydrogens is 270 g/mol. The summed E-state index contributed by atoms with van der Waals surface area (Å²) in [5.41, 5.74) is 0. The number of ether oxygens (including phenoxy) is 1. The lowest BCUT2D eigenvalue weighted by Crippen LogP contribution is -2.36. The number of nitrogens with one attached hydrogen (secondary N) is 1. The van der Waals surface area contributed by atoms with Gasteiger partial charge in [-0.25, -0.2) is 0 Å². The minimum Gasteiger partial charge on any atom is -0.481 e. The molecule has 1 atom stereocenters. The first-order valence-corrected chi connectivity index (χ1v) is 8.18. The van der Waals surface area contributed by atoms with Crippen molar-refractivity contribution in [2.24, 2.45) is 11.8 Å². The summed E-state index contributed by atoms with van der Waals surface area (Å²) in [6.07, 6.45) is 7.00. The quantitative estimate of drug-likeness (QED) is 0.608. The number of carbonyl (C=O) groups is 2. The molecule has 1 saturated heterocycles. The van der Waals surface area contributed by atoms with Crippen molar-refractivity contribution in [1.29, 1.82) is 0 Å². The van der Waals surface area contributed by atoms with E-state index in [1.807, 2.05) is 6.92 Å². The number of aliphatic carboxylic acids is 1. The van der Waals surface area contributed by atoms with E-state index in [-0.39, 0.29) is 18.2 Å². The van der Waals surface area contributed by atoms with E-state index in [0.717, 1.165) is 64.7 Å². The summed E-state index contributed by atoms with van der Waals surface area (Å²) in [7, 11) is 0. The second-order valence-electron chi connectivity index (χ2n) is 5.94. The van der Waals surface area contributed by atoms with Crippen LogP contribution >= 0.6 is 0 Å². The lowest BCUT2D eigenvalue weighted by Gasteiger charge is -2.26. The van der Waals surface area contributed by atoms with Crippen LogP contribution in [0.1, 0.15) is 58.3 Å². The zero-order chi connectivity index (χ0) is 15.5. The van der Waals surface area contributed by atoms with Crippen molar-refractivity contribution in [1.82, 2.24) is 5.32 Å². The second-order valence-corrected chi connectivity index (χ2v) is 5.94. The molecular formula is C16H29NO4. The predicted octanol–water partition coefficient (Wildman–Crippen LogP) is 2.59. The van der Waals surface area contributed by atoms with Crippen LogP contribution in [-0.4, -0.2) is 36.7 Å². The first-order chi connectivity index (χ1) is 10.1. The second kappa shape index (κ2) is 10.6. The fourth-order valence-corrected chi connectivity index (χ4v) is 2.73. The Kier molecular flexibility index (Phi) is 9.06. The van der Waals surface area contributed by atoms with E-state index in [0.29, 0.717) is 5.92 Å². The minimum absolute atomic E-state index is 0.0736. The third kappa shape index (κ3) is 8.05. The summed E-state index contributed by atoms with van der Waals surface area (Å²) in [6, 6.07) is 0. The highest BCUT2D eigenvalue weighted by Gasteiger charge is 2.25. The molecule has 0 radical (unpaired) electrons. The fourth-order valence-electron chi connectivity index (χ4n) is 2.73. The lowest BCUT2D eigenvalue weighted by atomic mass is 9.87. The zero-order valence-electron chi connectivity index (χ0n) is 13.1. The zero-order valence-corrected chi connectivity index (χ0v) is 13.1. The fraction of sp³-hybridized carbons (Fsp3) is 0.875. The van der Waals surface area contributed by atoms with Gasteiger partial charge in [-0.15, -0.1) is 0 Å². The van der Waals surface area contributed by atoms with Crippen LogP contribution in [0.25, 0.3) is 0 Å². The molecule has 0 aromatic rings. The monoisotopic (exact) mass is 299 g/mol. The molecule has 0 bridgehead atoms. The van der Waals surface area contributed by atoms with Crippen molar-refractivity contribution in [3.63, 3.8) is 0 Å². The van der Waals surface area contributed by atoms with Gasteiger partial charge < -0.3 is 15.2 Å². The van der Waals surface area contributed by atoms with Crippen LogP contribution in [0.5, 0.6) is 0 Å². The Morgan fingerprint density at radius 1 is 1.14 bits per heavy atom. The molecule has 0 aliphatic carbocycles. The van der Waals surface area contributed by atoms with Crippen LogP contribution in [0.2, 0.25) is 0 Å². The van der Waals surface area contributed by atoms with Crippen LogP contribution < -0.4 is 5.32 Å². The molecule has 0 spiro atoms. The van der Waals surface area contributed by atoms with Crippen LogP contribution in [0.15, 0.2) is 0 Å². The van der Waals surface area contributed by atoms with E-state index in [9.17, 15) is 9.59 Å². The summed E-state index contributed by atoms with van der Waals surface area (Å²) in [4.78, 5) is 22.4. The van der Waals surface area contributed by atoms with E-state index in [2.05, 4.69) is 5.32 Å². The van der Waals surface area contributed by atoms with E-state index >= 15 is 0 Å². The Balaban J connectivity index is 1.98. The van der Waals surface area contributed by atoms with Crippen molar-refractivity contribution in [2.45, 2.75) is 58.3 Å². The van der Waals surface area contributed by atoms with Gasteiger partial charge in [-0.2, -0.15) is 0 Å². The molecule has 0 aromatic heterocycles. The Morgan fingerprint density at radius 2 is 1.76 bits per heavy atom. The summed E-state index contributed by atoms with van der Waals surface area (Å²) in [6.45, 7) is 4.29. The maximum atomic E-state index is 12.0. The maximum Gasteiger partial charge on any atom is 0.303 e. The van der Waals surface area contributed by atoms with Crippen molar-refractivity contribution in [2.75, 3.05) is 19.8 Å². The van der Waals surface area contributed by atoms with Crippen molar-refractivity contribution < 1.29 is 19.4 Å². The summed E-state index contributed by atoms with van der Waals surface area (Å²) in [5, 5.41) is 11.5. The number of unbranched alkanes of at least 4 members (excludes halogenated alkanes) is 4. The number of carbonyl (C=O) groups excluding carboxylic acids is 1. The first kappa shape index (κ1) is 18.0. The Bertz CT molecular complexity index is 313. The molecule has 1 aliphatic rings. The molecule has 1 aliphatic heterocycles. The van der Waals surface area contributed by atoms with Crippen LogP contribution in [0.3, 0.4) is 0 Å². The molecule has 1 heterocycles. The standard InChI is InChI=1S/C16H29NO4/c1-13(14-8-11-21-12-9-14)16(20)17-10-6-4-2-3-5-7-15(18)19/h13-14H,2-12H2,1H3,(H,17,20)(H,18,19). The van der Waals surface area contributed by atoms with Gasteiger partial charge in [0.1, 0.15) is 0 Å². The summed E-state index contributed by atoms with van der Waals surface area (Å²) >= 11 is 0. The van der Waals surface area contributed by atoms with Gasteiger partial charge in [0, 0.05) is 32.1 Å². The lowest BCUT2D eigenvalue weighted by molar-refractivity contribution is -0.137. The van der Waals surface area contributed by atoms with Gasteiger partial charge in [0.05, 0.1) is 0 Å². The van der Waals surface area contributed by atoms with Gasteiger partial charge in [0.25, 0.3) is 0 Å². The largest absolute Gasteiger partial charge is 0.481 e. The number of rotatable bonds is 10. The Morgan fingerprint density at radius 3 is 2.43 bits per heavy atom. The highest BCUT2D eigenvalue weighted by atomic mass is 16.5. The number of carboxylic acids is 1. The van der Waals surface area contributed by atoms with Crippen LogP contribution in [0.4, 0.5) is 0 Å².